The first-order valence-corrected chi connectivity index (χ1v) is 10.4. The van der Waals surface area contributed by atoms with Gasteiger partial charge in [-0.05, 0) is 31.7 Å². The van der Waals surface area contributed by atoms with E-state index in [-0.39, 0.29) is 22.8 Å². The Morgan fingerprint density at radius 3 is 2.62 bits per heavy atom. The molecule has 132 valence electrons. The molecule has 6 nitrogen and oxygen atoms in total. The number of carbonyl (C=O) groups is 1. The van der Waals surface area contributed by atoms with Crippen molar-refractivity contribution in [1.82, 2.24) is 9.88 Å². The summed E-state index contributed by atoms with van der Waals surface area (Å²) >= 11 is 5.91. The number of halogens is 1. The minimum Gasteiger partial charge on any atom is -0.368 e. The molecule has 1 atom stereocenters. The molecule has 1 amide bonds. The van der Waals surface area contributed by atoms with Gasteiger partial charge in [-0.15, -0.1) is 0 Å². The smallest absolute Gasteiger partial charge is 0.251 e. The van der Waals surface area contributed by atoms with Gasteiger partial charge >= 0.3 is 0 Å². The largest absolute Gasteiger partial charge is 0.368 e. The number of likely N-dealkylation sites (tertiary alicyclic amines) is 1. The first kappa shape index (κ1) is 17.6. The van der Waals surface area contributed by atoms with E-state index in [2.05, 4.69) is 4.98 Å². The van der Waals surface area contributed by atoms with Crippen molar-refractivity contribution in [3.05, 3.63) is 23.0 Å². The third kappa shape index (κ3) is 3.73. The van der Waals surface area contributed by atoms with Crippen molar-refractivity contribution in [2.24, 2.45) is 0 Å². The van der Waals surface area contributed by atoms with Crippen molar-refractivity contribution in [3.63, 3.8) is 0 Å². The van der Waals surface area contributed by atoms with Gasteiger partial charge in [-0.25, -0.2) is 8.42 Å². The quantitative estimate of drug-likeness (QED) is 0.811. The Bertz CT molecular complexity index is 724. The summed E-state index contributed by atoms with van der Waals surface area (Å²) in [7, 11) is -3.40. The minimum atomic E-state index is -3.40. The molecule has 0 radical (unpaired) electrons. The molecule has 2 aliphatic rings. The van der Waals surface area contributed by atoms with Crippen LogP contribution in [0.1, 0.15) is 37.3 Å². The Morgan fingerprint density at radius 1 is 1.33 bits per heavy atom. The highest BCUT2D eigenvalue weighted by Crippen LogP contribution is 2.32. The fourth-order valence-corrected chi connectivity index (χ4v) is 4.55. The number of carbonyl (C=O) groups excluding carboxylic acids is 1. The second-order valence-electron chi connectivity index (χ2n) is 6.41. The molecular weight excluding hydrogens is 352 g/mol. The summed E-state index contributed by atoms with van der Waals surface area (Å²) in [6.07, 6.45) is 5.44. The minimum absolute atomic E-state index is 0.0144. The zero-order valence-corrected chi connectivity index (χ0v) is 15.1. The Balaban J connectivity index is 1.72. The van der Waals surface area contributed by atoms with Crippen molar-refractivity contribution >= 4 is 27.3 Å². The van der Waals surface area contributed by atoms with E-state index in [0.717, 1.165) is 12.8 Å². The van der Waals surface area contributed by atoms with Crippen molar-refractivity contribution in [3.8, 4) is 0 Å². The van der Waals surface area contributed by atoms with Crippen LogP contribution in [0, 0.1) is 0 Å². The van der Waals surface area contributed by atoms with Crippen LogP contribution in [-0.4, -0.2) is 56.3 Å². The van der Waals surface area contributed by atoms with Crippen LogP contribution in [0.2, 0.25) is 5.02 Å². The lowest BCUT2D eigenvalue weighted by Crippen LogP contribution is -2.43. The van der Waals surface area contributed by atoms with Crippen LogP contribution < -0.4 is 0 Å². The van der Waals surface area contributed by atoms with E-state index < -0.39 is 9.84 Å². The third-order valence-corrected chi connectivity index (χ3v) is 5.98. The average molecular weight is 373 g/mol. The molecule has 3 heterocycles. The first-order valence-electron chi connectivity index (χ1n) is 8.12. The van der Waals surface area contributed by atoms with Crippen LogP contribution in [0.3, 0.4) is 0 Å². The molecule has 0 unspecified atom stereocenters. The van der Waals surface area contributed by atoms with Crippen LogP contribution in [0.4, 0.5) is 0 Å². The zero-order valence-electron chi connectivity index (χ0n) is 13.6. The second kappa shape index (κ2) is 6.98. The number of sulfone groups is 1. The molecule has 1 aromatic rings. The topological polar surface area (TPSA) is 76.6 Å². The van der Waals surface area contributed by atoms with Gasteiger partial charge in [0.2, 0.25) is 0 Å². The van der Waals surface area contributed by atoms with Crippen LogP contribution in [0.5, 0.6) is 0 Å². The zero-order chi connectivity index (χ0) is 17.3. The summed E-state index contributed by atoms with van der Waals surface area (Å²) in [6.45, 7) is 1.84. The molecule has 0 bridgehead atoms. The van der Waals surface area contributed by atoms with Crippen LogP contribution in [-0.2, 0) is 19.4 Å². The van der Waals surface area contributed by atoms with E-state index >= 15 is 0 Å². The molecule has 2 saturated heterocycles. The predicted octanol–water partition coefficient (Wildman–Crippen LogP) is 2.02. The number of ether oxygens (including phenoxy) is 1. The van der Waals surface area contributed by atoms with Gasteiger partial charge in [-0.3, -0.25) is 9.78 Å². The molecule has 1 aromatic heterocycles. The number of hydrogen-bond acceptors (Lipinski definition) is 5. The third-order valence-electron chi connectivity index (χ3n) is 4.65. The van der Waals surface area contributed by atoms with Crippen molar-refractivity contribution in [2.45, 2.75) is 42.6 Å². The molecule has 3 rings (SSSR count). The molecule has 2 fully saturated rings. The lowest BCUT2D eigenvalue weighted by atomic mass is 9.92. The van der Waals surface area contributed by atoms with Gasteiger partial charge in [0.15, 0.2) is 9.84 Å². The molecule has 24 heavy (non-hydrogen) atoms. The summed E-state index contributed by atoms with van der Waals surface area (Å²) in [5, 5.41) is 0.310. The number of hydrogen-bond donors (Lipinski definition) is 0. The molecule has 0 N–H and O–H groups in total. The fraction of sp³-hybridized carbons (Fsp3) is 0.625. The second-order valence-corrected chi connectivity index (χ2v) is 8.83. The number of amides is 1. The lowest BCUT2D eigenvalue weighted by molar-refractivity contribution is -0.142. The number of aromatic nitrogens is 1. The maximum Gasteiger partial charge on any atom is 0.251 e. The summed E-state index contributed by atoms with van der Waals surface area (Å²) in [5.74, 6) is 0.0684. The summed E-state index contributed by atoms with van der Waals surface area (Å²) in [5.41, 5.74) is 0.561. The number of piperidine rings is 1. The van der Waals surface area contributed by atoms with E-state index in [4.69, 9.17) is 16.3 Å². The summed E-state index contributed by atoms with van der Waals surface area (Å²) < 4.78 is 29.5. The van der Waals surface area contributed by atoms with Gasteiger partial charge in [-0.1, -0.05) is 11.6 Å². The number of nitrogens with zero attached hydrogens (tertiary/aromatic N) is 2. The fourth-order valence-electron chi connectivity index (χ4n) is 3.38. The molecule has 0 aromatic carbocycles. The summed E-state index contributed by atoms with van der Waals surface area (Å²) in [4.78, 5) is 18.7. The number of pyridine rings is 1. The van der Waals surface area contributed by atoms with Crippen molar-refractivity contribution in [2.75, 3.05) is 26.0 Å². The molecule has 0 spiro atoms. The first-order chi connectivity index (χ1) is 11.4. The Hall–Kier alpha value is -1.18. The van der Waals surface area contributed by atoms with Gasteiger partial charge in [0.25, 0.3) is 5.91 Å². The monoisotopic (exact) mass is 372 g/mol. The van der Waals surface area contributed by atoms with Crippen LogP contribution >= 0.6 is 11.6 Å². The SMILES string of the molecule is CS(=O)(=O)c1cc(Cl)cnc1C1CCN(C(=O)[C@@H]2CCCO2)CC1. The average Bonchev–Trinajstić information content (AvgIpc) is 3.08. The Labute approximate surface area is 147 Å². The molecule has 0 aliphatic carbocycles. The Morgan fingerprint density at radius 2 is 2.04 bits per heavy atom. The maximum absolute atomic E-state index is 12.4. The summed E-state index contributed by atoms with van der Waals surface area (Å²) in [6, 6.07) is 1.46. The highest BCUT2D eigenvalue weighted by Gasteiger charge is 2.33. The molecule has 0 saturated carbocycles. The van der Waals surface area contributed by atoms with E-state index in [9.17, 15) is 13.2 Å². The van der Waals surface area contributed by atoms with Crippen molar-refractivity contribution < 1.29 is 17.9 Å². The molecule has 2 aliphatic heterocycles. The van der Waals surface area contributed by atoms with Gasteiger partial charge in [0, 0.05) is 38.1 Å². The van der Waals surface area contributed by atoms with Gasteiger partial charge in [0.05, 0.1) is 15.6 Å². The van der Waals surface area contributed by atoms with E-state index in [1.54, 1.807) is 0 Å². The van der Waals surface area contributed by atoms with Gasteiger partial charge in [-0.2, -0.15) is 0 Å². The lowest BCUT2D eigenvalue weighted by Gasteiger charge is -2.33. The van der Waals surface area contributed by atoms with Crippen molar-refractivity contribution in [1.29, 1.82) is 0 Å². The predicted molar refractivity (Wildman–Crippen MR) is 89.9 cm³/mol. The Kier molecular flexibility index (Phi) is 5.13. The molecular formula is C16H21ClN2O4S. The van der Waals surface area contributed by atoms with Crippen LogP contribution in [0.15, 0.2) is 17.2 Å². The highest BCUT2D eigenvalue weighted by atomic mass is 35.5. The highest BCUT2D eigenvalue weighted by molar-refractivity contribution is 7.90. The van der Waals surface area contributed by atoms with Gasteiger partial charge in [0.1, 0.15) is 6.10 Å². The standard InChI is InChI=1S/C16H21ClN2O4S/c1-24(21,22)14-9-12(17)10-18-15(14)11-4-6-19(7-5-11)16(20)13-3-2-8-23-13/h9-11,13H,2-8H2,1H3/t13-/m0/s1. The van der Waals surface area contributed by atoms with Crippen LogP contribution in [0.25, 0.3) is 0 Å². The van der Waals surface area contributed by atoms with E-state index in [1.807, 2.05) is 4.90 Å². The maximum atomic E-state index is 12.4. The van der Waals surface area contributed by atoms with E-state index in [1.165, 1.54) is 18.5 Å². The van der Waals surface area contributed by atoms with E-state index in [0.29, 0.717) is 43.3 Å². The normalized spacial score (nSPS) is 22.8. The number of rotatable bonds is 3. The molecule has 8 heteroatoms. The van der Waals surface area contributed by atoms with Gasteiger partial charge < -0.3 is 9.64 Å².